The van der Waals surface area contributed by atoms with E-state index in [0.29, 0.717) is 18.8 Å². The molecule has 0 aromatic carbocycles. The van der Waals surface area contributed by atoms with Crippen molar-refractivity contribution in [3.8, 4) is 0 Å². The Labute approximate surface area is 128 Å². The molecule has 6 nitrogen and oxygen atoms in total. The van der Waals surface area contributed by atoms with E-state index in [-0.39, 0.29) is 11.9 Å². The van der Waals surface area contributed by atoms with Crippen molar-refractivity contribution in [2.24, 2.45) is 0 Å². The van der Waals surface area contributed by atoms with Crippen LogP contribution in [-0.2, 0) is 19.1 Å². The quantitative estimate of drug-likeness (QED) is 0.491. The minimum Gasteiger partial charge on any atom is -0.461 e. The van der Waals surface area contributed by atoms with Crippen LogP contribution in [-0.4, -0.2) is 76.2 Å². The zero-order valence-electron chi connectivity index (χ0n) is 13.8. The van der Waals surface area contributed by atoms with E-state index in [2.05, 4.69) is 13.2 Å². The van der Waals surface area contributed by atoms with Crippen molar-refractivity contribution >= 4 is 11.9 Å². The van der Waals surface area contributed by atoms with Crippen LogP contribution in [0.2, 0.25) is 0 Å². The number of ether oxygens (including phenoxy) is 2. The zero-order chi connectivity index (χ0) is 16.8. The van der Waals surface area contributed by atoms with Crippen LogP contribution >= 0.6 is 0 Å². The van der Waals surface area contributed by atoms with Gasteiger partial charge >= 0.3 is 11.9 Å². The SMILES string of the molecule is C=C(C)C(=O)OCCN(C)C.C=CC(=O)OCCN(C)C. The summed E-state index contributed by atoms with van der Waals surface area (Å²) in [5.74, 6) is -0.672. The van der Waals surface area contributed by atoms with Gasteiger partial charge in [-0.15, -0.1) is 0 Å². The van der Waals surface area contributed by atoms with Gasteiger partial charge in [-0.05, 0) is 35.1 Å². The highest BCUT2D eigenvalue weighted by molar-refractivity contribution is 5.86. The average Bonchev–Trinajstić information content (AvgIpc) is 2.38. The Morgan fingerprint density at radius 1 is 1.00 bits per heavy atom. The van der Waals surface area contributed by atoms with Crippen LogP contribution in [0.3, 0.4) is 0 Å². The number of esters is 2. The van der Waals surface area contributed by atoms with Crippen LogP contribution in [0.15, 0.2) is 24.8 Å². The van der Waals surface area contributed by atoms with Crippen molar-refractivity contribution in [2.45, 2.75) is 6.92 Å². The van der Waals surface area contributed by atoms with E-state index in [1.54, 1.807) is 6.92 Å². The molecule has 21 heavy (non-hydrogen) atoms. The van der Waals surface area contributed by atoms with Gasteiger partial charge < -0.3 is 19.3 Å². The lowest BCUT2D eigenvalue weighted by molar-refractivity contribution is -0.139. The summed E-state index contributed by atoms with van der Waals surface area (Å²) < 4.78 is 9.54. The summed E-state index contributed by atoms with van der Waals surface area (Å²) in [4.78, 5) is 25.1. The van der Waals surface area contributed by atoms with Crippen molar-refractivity contribution < 1.29 is 19.1 Å². The van der Waals surface area contributed by atoms with Gasteiger partial charge in [0.1, 0.15) is 13.2 Å². The van der Waals surface area contributed by atoms with Gasteiger partial charge in [-0.2, -0.15) is 0 Å². The van der Waals surface area contributed by atoms with Gasteiger partial charge in [-0.3, -0.25) is 0 Å². The second-order valence-corrected chi connectivity index (χ2v) is 4.89. The molecule has 0 spiro atoms. The number of hydrogen-bond donors (Lipinski definition) is 0. The van der Waals surface area contributed by atoms with E-state index in [1.165, 1.54) is 0 Å². The predicted octanol–water partition coefficient (Wildman–Crippen LogP) is 0.945. The van der Waals surface area contributed by atoms with E-state index in [1.807, 2.05) is 38.0 Å². The summed E-state index contributed by atoms with van der Waals surface area (Å²) in [6.45, 7) is 10.7. The van der Waals surface area contributed by atoms with E-state index in [9.17, 15) is 9.59 Å². The van der Waals surface area contributed by atoms with Crippen LogP contribution in [0.5, 0.6) is 0 Å². The first-order chi connectivity index (χ1) is 9.70. The third-order valence-corrected chi connectivity index (χ3v) is 2.07. The summed E-state index contributed by atoms with van der Waals surface area (Å²) in [5, 5.41) is 0. The molecular formula is C15H28N2O4. The molecule has 0 bridgehead atoms. The molecule has 0 atom stereocenters. The lowest BCUT2D eigenvalue weighted by atomic mass is 10.4. The van der Waals surface area contributed by atoms with Crippen molar-refractivity contribution in [3.63, 3.8) is 0 Å². The molecule has 0 heterocycles. The summed E-state index contributed by atoms with van der Waals surface area (Å²) in [5.41, 5.74) is 0.448. The number of carbonyl (C=O) groups is 2. The fourth-order valence-corrected chi connectivity index (χ4v) is 0.832. The normalized spacial score (nSPS) is 9.67. The highest BCUT2D eigenvalue weighted by atomic mass is 16.5. The van der Waals surface area contributed by atoms with E-state index in [0.717, 1.165) is 19.2 Å². The molecule has 0 aromatic rings. The monoisotopic (exact) mass is 300 g/mol. The number of likely N-dealkylation sites (N-methyl/N-ethyl adjacent to an activating group) is 2. The Morgan fingerprint density at radius 2 is 1.43 bits per heavy atom. The molecule has 0 saturated heterocycles. The van der Waals surface area contributed by atoms with Gasteiger partial charge in [-0.1, -0.05) is 13.2 Å². The minimum absolute atomic E-state index is 0.313. The highest BCUT2D eigenvalue weighted by Crippen LogP contribution is 1.91. The van der Waals surface area contributed by atoms with Crippen LogP contribution < -0.4 is 0 Å². The maximum Gasteiger partial charge on any atom is 0.333 e. The van der Waals surface area contributed by atoms with Crippen LogP contribution in [0.4, 0.5) is 0 Å². The zero-order valence-corrected chi connectivity index (χ0v) is 13.8. The van der Waals surface area contributed by atoms with Gasteiger partial charge in [0.25, 0.3) is 0 Å². The maximum absolute atomic E-state index is 10.8. The second kappa shape index (κ2) is 13.3. The van der Waals surface area contributed by atoms with E-state index in [4.69, 9.17) is 9.47 Å². The van der Waals surface area contributed by atoms with Gasteiger partial charge in [0.2, 0.25) is 0 Å². The Bertz CT molecular complexity index is 339. The molecule has 0 aliphatic heterocycles. The van der Waals surface area contributed by atoms with Crippen LogP contribution in [0, 0.1) is 0 Å². The molecule has 0 amide bonds. The van der Waals surface area contributed by atoms with Crippen molar-refractivity contribution in [3.05, 3.63) is 24.8 Å². The molecule has 0 aliphatic carbocycles. The molecule has 0 saturated carbocycles. The third-order valence-electron chi connectivity index (χ3n) is 2.07. The lowest BCUT2D eigenvalue weighted by Gasteiger charge is -2.09. The molecule has 0 N–H and O–H groups in total. The molecule has 0 aliphatic rings. The predicted molar refractivity (Wildman–Crippen MR) is 84.0 cm³/mol. The number of hydrogen-bond acceptors (Lipinski definition) is 6. The smallest absolute Gasteiger partial charge is 0.333 e. The molecule has 122 valence electrons. The first kappa shape index (κ1) is 21.6. The molecule has 0 aromatic heterocycles. The van der Waals surface area contributed by atoms with Crippen molar-refractivity contribution in [1.82, 2.24) is 9.80 Å². The van der Waals surface area contributed by atoms with Crippen LogP contribution in [0.1, 0.15) is 6.92 Å². The van der Waals surface area contributed by atoms with E-state index < -0.39 is 0 Å². The first-order valence-corrected chi connectivity index (χ1v) is 6.62. The Balaban J connectivity index is 0. The number of rotatable bonds is 8. The summed E-state index contributed by atoms with van der Waals surface area (Å²) >= 11 is 0. The summed E-state index contributed by atoms with van der Waals surface area (Å²) in [7, 11) is 7.69. The first-order valence-electron chi connectivity index (χ1n) is 6.62. The van der Waals surface area contributed by atoms with Gasteiger partial charge in [0.15, 0.2) is 0 Å². The van der Waals surface area contributed by atoms with E-state index >= 15 is 0 Å². The largest absolute Gasteiger partial charge is 0.461 e. The summed E-state index contributed by atoms with van der Waals surface area (Å²) in [6, 6.07) is 0. The standard InChI is InChI=1S/C8H15NO2.C7H13NO2/c1-7(2)8(10)11-6-5-9(3)4;1-4-7(9)10-6-5-8(2)3/h1,5-6H2,2-4H3;4H,1,5-6H2,2-3H3. The third kappa shape index (κ3) is 18.3. The topological polar surface area (TPSA) is 59.1 Å². The Hall–Kier alpha value is -1.66. The lowest BCUT2D eigenvalue weighted by Crippen LogP contribution is -2.20. The summed E-state index contributed by atoms with van der Waals surface area (Å²) in [6.07, 6.45) is 1.16. The fraction of sp³-hybridized carbons (Fsp3) is 0.600. The van der Waals surface area contributed by atoms with Crippen molar-refractivity contribution in [1.29, 1.82) is 0 Å². The Morgan fingerprint density at radius 3 is 1.76 bits per heavy atom. The maximum atomic E-state index is 10.8. The van der Waals surface area contributed by atoms with Crippen molar-refractivity contribution in [2.75, 3.05) is 54.5 Å². The molecule has 0 unspecified atom stereocenters. The average molecular weight is 300 g/mol. The van der Waals surface area contributed by atoms with Gasteiger partial charge in [0.05, 0.1) is 0 Å². The molecule has 0 rings (SSSR count). The number of carbonyl (C=O) groups excluding carboxylic acids is 2. The van der Waals surface area contributed by atoms with Gasteiger partial charge in [-0.25, -0.2) is 9.59 Å². The fourth-order valence-electron chi connectivity index (χ4n) is 0.832. The molecule has 6 heteroatoms. The molecule has 0 fully saturated rings. The molecular weight excluding hydrogens is 272 g/mol. The Kier molecular flexibility index (Phi) is 13.7. The second-order valence-electron chi connectivity index (χ2n) is 4.89. The minimum atomic E-state index is -0.359. The molecule has 0 radical (unpaired) electrons. The number of nitrogens with zero attached hydrogens (tertiary/aromatic N) is 2. The van der Waals surface area contributed by atoms with Crippen LogP contribution in [0.25, 0.3) is 0 Å². The van der Waals surface area contributed by atoms with Gasteiger partial charge in [0, 0.05) is 24.7 Å². The highest BCUT2D eigenvalue weighted by Gasteiger charge is 2.01.